The maximum atomic E-state index is 4.72. The van der Waals surface area contributed by atoms with Gasteiger partial charge in [0, 0.05) is 12.0 Å². The molecule has 0 aliphatic carbocycles. The van der Waals surface area contributed by atoms with Gasteiger partial charge in [-0.15, -0.1) is 0 Å². The normalized spacial score (nSPS) is 11.7. The van der Waals surface area contributed by atoms with Crippen LogP contribution in [0, 0.1) is 19.8 Å². The maximum Gasteiger partial charge on any atom is 0.212 e. The SMILES string of the molecule is Cc1ccc(-c2cn3nc(CC(C)C)sc3n2)c(C)c1. The first-order valence-electron chi connectivity index (χ1n) is 6.95. The second kappa shape index (κ2) is 5.02. The van der Waals surface area contributed by atoms with Crippen LogP contribution in [0.15, 0.2) is 24.4 Å². The van der Waals surface area contributed by atoms with Crippen LogP contribution in [-0.4, -0.2) is 14.6 Å². The Labute approximate surface area is 123 Å². The minimum atomic E-state index is 0.629. The van der Waals surface area contributed by atoms with Crippen LogP contribution in [0.3, 0.4) is 0 Å². The van der Waals surface area contributed by atoms with Gasteiger partial charge in [-0.2, -0.15) is 5.10 Å². The average molecular weight is 285 g/mol. The van der Waals surface area contributed by atoms with Gasteiger partial charge in [0.25, 0.3) is 0 Å². The average Bonchev–Trinajstić information content (AvgIpc) is 2.85. The van der Waals surface area contributed by atoms with E-state index in [1.54, 1.807) is 11.3 Å². The summed E-state index contributed by atoms with van der Waals surface area (Å²) in [7, 11) is 0. The number of rotatable bonds is 3. The van der Waals surface area contributed by atoms with Crippen molar-refractivity contribution in [3.8, 4) is 11.3 Å². The van der Waals surface area contributed by atoms with Crippen molar-refractivity contribution in [3.05, 3.63) is 40.5 Å². The molecule has 0 radical (unpaired) electrons. The van der Waals surface area contributed by atoms with E-state index >= 15 is 0 Å². The third-order valence-corrected chi connectivity index (χ3v) is 4.27. The molecule has 3 nitrogen and oxygen atoms in total. The first-order valence-corrected chi connectivity index (χ1v) is 7.77. The second-order valence-corrected chi connectivity index (χ2v) is 6.81. The third-order valence-electron chi connectivity index (χ3n) is 3.33. The lowest BCUT2D eigenvalue weighted by Crippen LogP contribution is -1.94. The van der Waals surface area contributed by atoms with Gasteiger partial charge in [0.05, 0.1) is 11.9 Å². The summed E-state index contributed by atoms with van der Waals surface area (Å²) in [5, 5.41) is 5.78. The van der Waals surface area contributed by atoms with Crippen LogP contribution in [0.25, 0.3) is 16.2 Å². The number of nitrogens with zero attached hydrogens (tertiary/aromatic N) is 3. The van der Waals surface area contributed by atoms with E-state index in [0.29, 0.717) is 5.92 Å². The first-order chi connectivity index (χ1) is 9.52. The predicted molar refractivity (Wildman–Crippen MR) is 84.3 cm³/mol. The lowest BCUT2D eigenvalue weighted by Gasteiger charge is -2.03. The summed E-state index contributed by atoms with van der Waals surface area (Å²) in [6.45, 7) is 8.67. The molecule has 1 aromatic carbocycles. The van der Waals surface area contributed by atoms with Crippen LogP contribution < -0.4 is 0 Å². The van der Waals surface area contributed by atoms with Crippen molar-refractivity contribution in [3.63, 3.8) is 0 Å². The van der Waals surface area contributed by atoms with Crippen molar-refractivity contribution in [1.82, 2.24) is 14.6 Å². The second-order valence-electron chi connectivity index (χ2n) is 5.77. The zero-order chi connectivity index (χ0) is 14.3. The summed E-state index contributed by atoms with van der Waals surface area (Å²) in [5.41, 5.74) is 4.75. The third kappa shape index (κ3) is 2.48. The molecule has 20 heavy (non-hydrogen) atoms. The maximum absolute atomic E-state index is 4.72. The Balaban J connectivity index is 1.99. The largest absolute Gasteiger partial charge is 0.217 e. The van der Waals surface area contributed by atoms with Crippen molar-refractivity contribution < 1.29 is 0 Å². The topological polar surface area (TPSA) is 30.2 Å². The van der Waals surface area contributed by atoms with Gasteiger partial charge in [-0.25, -0.2) is 9.50 Å². The minimum Gasteiger partial charge on any atom is -0.217 e. The number of fused-ring (bicyclic) bond motifs is 1. The highest BCUT2D eigenvalue weighted by Crippen LogP contribution is 2.26. The Kier molecular flexibility index (Phi) is 3.34. The molecule has 2 aromatic heterocycles. The van der Waals surface area contributed by atoms with E-state index in [4.69, 9.17) is 4.98 Å². The van der Waals surface area contributed by atoms with Crippen molar-refractivity contribution >= 4 is 16.3 Å². The Morgan fingerprint density at radius 2 is 2.05 bits per heavy atom. The van der Waals surface area contributed by atoms with E-state index in [-0.39, 0.29) is 0 Å². The Morgan fingerprint density at radius 1 is 1.25 bits per heavy atom. The van der Waals surface area contributed by atoms with Crippen LogP contribution in [0.5, 0.6) is 0 Å². The van der Waals surface area contributed by atoms with Gasteiger partial charge in [0.1, 0.15) is 5.01 Å². The van der Waals surface area contributed by atoms with E-state index in [9.17, 15) is 0 Å². The zero-order valence-corrected chi connectivity index (χ0v) is 13.2. The van der Waals surface area contributed by atoms with Gasteiger partial charge < -0.3 is 0 Å². The molecular weight excluding hydrogens is 266 g/mol. The van der Waals surface area contributed by atoms with E-state index < -0.39 is 0 Å². The van der Waals surface area contributed by atoms with Gasteiger partial charge in [-0.1, -0.05) is 48.9 Å². The number of hydrogen-bond acceptors (Lipinski definition) is 3. The molecule has 0 saturated heterocycles. The van der Waals surface area contributed by atoms with Crippen molar-refractivity contribution in [2.24, 2.45) is 5.92 Å². The van der Waals surface area contributed by atoms with Crippen LogP contribution >= 0.6 is 11.3 Å². The van der Waals surface area contributed by atoms with Gasteiger partial charge >= 0.3 is 0 Å². The van der Waals surface area contributed by atoms with Gasteiger partial charge in [0.2, 0.25) is 4.96 Å². The lowest BCUT2D eigenvalue weighted by molar-refractivity contribution is 0.637. The Bertz CT molecular complexity index is 721. The molecule has 0 aliphatic heterocycles. The predicted octanol–water partition coefficient (Wildman–Crippen LogP) is 4.27. The summed E-state index contributed by atoms with van der Waals surface area (Å²) < 4.78 is 1.91. The molecule has 3 rings (SSSR count). The summed E-state index contributed by atoms with van der Waals surface area (Å²) >= 11 is 1.69. The van der Waals surface area contributed by atoms with Crippen LogP contribution in [0.1, 0.15) is 30.0 Å². The lowest BCUT2D eigenvalue weighted by atomic mass is 10.0. The van der Waals surface area contributed by atoms with Crippen molar-refractivity contribution in [2.45, 2.75) is 34.1 Å². The molecule has 3 aromatic rings. The Morgan fingerprint density at radius 3 is 2.70 bits per heavy atom. The molecule has 0 spiro atoms. The van der Waals surface area contributed by atoms with Gasteiger partial charge in [0.15, 0.2) is 0 Å². The fraction of sp³-hybridized carbons (Fsp3) is 0.375. The standard InChI is InChI=1S/C16H19N3S/c1-10(2)7-15-18-19-9-14(17-16(19)20-15)13-6-5-11(3)8-12(13)4/h5-6,8-10H,7H2,1-4H3. The summed E-state index contributed by atoms with van der Waals surface area (Å²) in [6, 6.07) is 6.47. The molecule has 0 bridgehead atoms. The molecule has 0 aliphatic rings. The minimum absolute atomic E-state index is 0.629. The van der Waals surface area contributed by atoms with Crippen molar-refractivity contribution in [2.75, 3.05) is 0 Å². The van der Waals surface area contributed by atoms with Gasteiger partial charge in [-0.3, -0.25) is 0 Å². The molecule has 0 unspecified atom stereocenters. The first kappa shape index (κ1) is 13.3. The van der Waals surface area contributed by atoms with E-state index in [1.165, 1.54) is 16.7 Å². The number of aryl methyl sites for hydroxylation is 2. The van der Waals surface area contributed by atoms with E-state index in [0.717, 1.165) is 22.1 Å². The highest BCUT2D eigenvalue weighted by molar-refractivity contribution is 7.16. The number of aromatic nitrogens is 3. The van der Waals surface area contributed by atoms with Gasteiger partial charge in [-0.05, 0) is 25.3 Å². The molecule has 0 fully saturated rings. The summed E-state index contributed by atoms with van der Waals surface area (Å²) in [5.74, 6) is 0.629. The molecule has 4 heteroatoms. The van der Waals surface area contributed by atoms with E-state index in [1.807, 2.05) is 10.7 Å². The molecule has 2 heterocycles. The van der Waals surface area contributed by atoms with E-state index in [2.05, 4.69) is 51.0 Å². The summed E-state index contributed by atoms with van der Waals surface area (Å²) in [6.07, 6.45) is 3.06. The van der Waals surface area contributed by atoms with Crippen molar-refractivity contribution in [1.29, 1.82) is 0 Å². The fourth-order valence-corrected chi connectivity index (χ4v) is 3.49. The molecular formula is C16H19N3S. The molecule has 0 atom stereocenters. The molecule has 104 valence electrons. The van der Waals surface area contributed by atoms with Crippen LogP contribution in [-0.2, 0) is 6.42 Å². The van der Waals surface area contributed by atoms with Crippen LogP contribution in [0.2, 0.25) is 0 Å². The smallest absolute Gasteiger partial charge is 0.212 e. The Hall–Kier alpha value is -1.68. The molecule has 0 saturated carbocycles. The number of imidazole rings is 1. The molecule has 0 N–H and O–H groups in total. The number of hydrogen-bond donors (Lipinski definition) is 0. The van der Waals surface area contributed by atoms with Crippen LogP contribution in [0.4, 0.5) is 0 Å². The quantitative estimate of drug-likeness (QED) is 0.719. The number of benzene rings is 1. The zero-order valence-electron chi connectivity index (χ0n) is 12.3. The highest BCUT2D eigenvalue weighted by Gasteiger charge is 2.12. The summed E-state index contributed by atoms with van der Waals surface area (Å²) in [4.78, 5) is 5.70. The highest BCUT2D eigenvalue weighted by atomic mass is 32.1. The molecule has 0 amide bonds. The fourth-order valence-electron chi connectivity index (χ4n) is 2.40. The monoisotopic (exact) mass is 285 g/mol.